The van der Waals surface area contributed by atoms with Crippen LogP contribution in [0.5, 0.6) is 0 Å². The second-order valence-corrected chi connectivity index (χ2v) is 4.16. The van der Waals surface area contributed by atoms with Gasteiger partial charge in [-0.05, 0) is 36.9 Å². The third-order valence-electron chi connectivity index (χ3n) is 2.62. The average Bonchev–Trinajstić information content (AvgIpc) is 2.41. The van der Waals surface area contributed by atoms with Crippen LogP contribution in [0, 0.1) is 5.82 Å². The molecule has 0 saturated heterocycles. The Labute approximate surface area is 86.6 Å². The van der Waals surface area contributed by atoms with Crippen molar-refractivity contribution in [1.29, 1.82) is 0 Å². The largest absolute Gasteiger partial charge is 0.356 e. The number of likely N-dealkylation sites (N-methyl/N-ethyl adjacent to an activating group) is 1. The molecule has 1 aromatic heterocycles. The van der Waals surface area contributed by atoms with Crippen LogP contribution < -0.4 is 10.0 Å². The van der Waals surface area contributed by atoms with Gasteiger partial charge in [0.2, 0.25) is 0 Å². The van der Waals surface area contributed by atoms with Gasteiger partial charge in [0.25, 0.3) is 0 Å². The van der Waals surface area contributed by atoms with E-state index >= 15 is 0 Å². The van der Waals surface area contributed by atoms with Crippen LogP contribution in [0.1, 0.15) is 12.5 Å². The predicted molar refractivity (Wildman–Crippen MR) is 55.8 cm³/mol. The molecule has 0 radical (unpaired) electrons. The van der Waals surface area contributed by atoms with E-state index in [4.69, 9.17) is 5.14 Å². The fourth-order valence-corrected chi connectivity index (χ4v) is 2.01. The maximum absolute atomic E-state index is 13.3. The Morgan fingerprint density at radius 2 is 2.43 bits per heavy atom. The number of pyridine rings is 1. The number of hydrogen-bond acceptors (Lipinski definition) is 4. The summed E-state index contributed by atoms with van der Waals surface area (Å²) >= 11 is 0.852. The summed E-state index contributed by atoms with van der Waals surface area (Å²) in [7, 11) is 1.96. The molecule has 1 aliphatic rings. The highest BCUT2D eigenvalue weighted by Crippen LogP contribution is 2.31. The Kier molecular flexibility index (Phi) is 2.36. The van der Waals surface area contributed by atoms with Gasteiger partial charge >= 0.3 is 0 Å². The molecule has 0 aromatic carbocycles. The number of rotatable bonds is 1. The van der Waals surface area contributed by atoms with E-state index in [1.807, 2.05) is 7.05 Å². The maximum atomic E-state index is 13.3. The van der Waals surface area contributed by atoms with Crippen molar-refractivity contribution in [3.63, 3.8) is 0 Å². The first-order chi connectivity index (χ1) is 6.63. The third kappa shape index (κ3) is 1.36. The minimum absolute atomic E-state index is 0.268. The SMILES string of the molecule is CC1Cc2cc(F)c(SN)nc2N1C. The van der Waals surface area contributed by atoms with Crippen molar-refractivity contribution < 1.29 is 4.39 Å². The fraction of sp³-hybridized carbons (Fsp3) is 0.444. The van der Waals surface area contributed by atoms with E-state index in [2.05, 4.69) is 16.8 Å². The summed E-state index contributed by atoms with van der Waals surface area (Å²) in [5, 5.41) is 5.59. The van der Waals surface area contributed by atoms with Crippen LogP contribution in [-0.4, -0.2) is 18.1 Å². The van der Waals surface area contributed by atoms with E-state index in [1.165, 1.54) is 6.07 Å². The maximum Gasteiger partial charge on any atom is 0.157 e. The van der Waals surface area contributed by atoms with Crippen LogP contribution in [0.15, 0.2) is 11.1 Å². The molecular formula is C9H12FN3S. The lowest BCUT2D eigenvalue weighted by Crippen LogP contribution is -2.24. The highest BCUT2D eigenvalue weighted by Gasteiger charge is 2.25. The highest BCUT2D eigenvalue weighted by atomic mass is 32.2. The fourth-order valence-electron chi connectivity index (χ4n) is 1.70. The lowest BCUT2D eigenvalue weighted by molar-refractivity contribution is 0.587. The molecule has 76 valence electrons. The number of anilines is 1. The molecule has 0 aliphatic carbocycles. The molecular weight excluding hydrogens is 201 g/mol. The van der Waals surface area contributed by atoms with Crippen LogP contribution in [0.4, 0.5) is 10.2 Å². The topological polar surface area (TPSA) is 42.1 Å². The summed E-state index contributed by atoms with van der Waals surface area (Å²) in [6, 6.07) is 1.92. The van der Waals surface area contributed by atoms with E-state index < -0.39 is 0 Å². The molecule has 1 aromatic rings. The molecule has 1 aliphatic heterocycles. The minimum Gasteiger partial charge on any atom is -0.356 e. The van der Waals surface area contributed by atoms with Crippen molar-refractivity contribution in [2.24, 2.45) is 5.14 Å². The number of hydrogen-bond donors (Lipinski definition) is 1. The number of nitrogens with two attached hydrogens (primary N) is 1. The monoisotopic (exact) mass is 213 g/mol. The molecule has 0 spiro atoms. The summed E-state index contributed by atoms with van der Waals surface area (Å²) in [6.07, 6.45) is 0.852. The Balaban J connectivity index is 2.49. The number of aromatic nitrogens is 1. The van der Waals surface area contributed by atoms with Crippen LogP contribution >= 0.6 is 11.9 Å². The second-order valence-electron chi connectivity index (χ2n) is 3.54. The van der Waals surface area contributed by atoms with Gasteiger partial charge in [0.05, 0.1) is 0 Å². The van der Waals surface area contributed by atoms with Gasteiger partial charge in [-0.3, -0.25) is 5.14 Å². The Morgan fingerprint density at radius 1 is 1.71 bits per heavy atom. The first kappa shape index (κ1) is 9.73. The molecule has 0 amide bonds. The first-order valence-electron chi connectivity index (χ1n) is 4.42. The van der Waals surface area contributed by atoms with Crippen LogP contribution in [0.25, 0.3) is 0 Å². The van der Waals surface area contributed by atoms with E-state index in [0.29, 0.717) is 6.04 Å². The lowest BCUT2D eigenvalue weighted by atomic mass is 10.2. The van der Waals surface area contributed by atoms with Gasteiger partial charge in [0, 0.05) is 13.1 Å². The summed E-state index contributed by atoms with van der Waals surface area (Å²) in [5.74, 6) is 0.533. The van der Waals surface area contributed by atoms with Crippen molar-refractivity contribution in [3.05, 3.63) is 17.4 Å². The van der Waals surface area contributed by atoms with Gasteiger partial charge < -0.3 is 4.90 Å². The van der Waals surface area contributed by atoms with Crippen LogP contribution in [0.2, 0.25) is 0 Å². The van der Waals surface area contributed by atoms with E-state index in [1.54, 1.807) is 0 Å². The summed E-state index contributed by atoms with van der Waals surface area (Å²) in [5.41, 5.74) is 0.968. The van der Waals surface area contributed by atoms with Crippen molar-refractivity contribution in [3.8, 4) is 0 Å². The van der Waals surface area contributed by atoms with Crippen molar-refractivity contribution >= 4 is 17.8 Å². The number of nitrogens with zero attached hydrogens (tertiary/aromatic N) is 2. The Bertz CT molecular complexity index is 369. The molecule has 3 nitrogen and oxygen atoms in total. The quantitative estimate of drug-likeness (QED) is 0.719. The molecule has 0 bridgehead atoms. The van der Waals surface area contributed by atoms with Gasteiger partial charge in [-0.25, -0.2) is 9.37 Å². The number of halogens is 1. The first-order valence-corrected chi connectivity index (χ1v) is 5.30. The Morgan fingerprint density at radius 3 is 3.07 bits per heavy atom. The summed E-state index contributed by atoms with van der Waals surface area (Å²) < 4.78 is 13.3. The van der Waals surface area contributed by atoms with Gasteiger partial charge in [-0.2, -0.15) is 0 Å². The molecule has 0 saturated carbocycles. The number of fused-ring (bicyclic) bond motifs is 1. The summed E-state index contributed by atoms with van der Waals surface area (Å²) in [6.45, 7) is 2.09. The molecule has 5 heteroatoms. The van der Waals surface area contributed by atoms with E-state index in [-0.39, 0.29) is 10.8 Å². The molecule has 1 unspecified atom stereocenters. The van der Waals surface area contributed by atoms with Crippen LogP contribution in [-0.2, 0) is 6.42 Å². The third-order valence-corrected chi connectivity index (χ3v) is 3.13. The predicted octanol–water partition coefficient (Wildman–Crippen LogP) is 1.57. The standard InChI is InChI=1S/C9H12FN3S/c1-5-3-6-4-7(10)9(14-11)12-8(6)13(5)2/h4-5H,3,11H2,1-2H3. The zero-order valence-electron chi connectivity index (χ0n) is 8.12. The van der Waals surface area contributed by atoms with Crippen molar-refractivity contribution in [1.82, 2.24) is 4.98 Å². The Hall–Kier alpha value is -0.810. The van der Waals surface area contributed by atoms with Gasteiger partial charge in [-0.1, -0.05) is 0 Å². The average molecular weight is 213 g/mol. The zero-order chi connectivity index (χ0) is 10.3. The van der Waals surface area contributed by atoms with Crippen molar-refractivity contribution in [2.45, 2.75) is 24.4 Å². The highest BCUT2D eigenvalue weighted by molar-refractivity contribution is 7.97. The van der Waals surface area contributed by atoms with Crippen LogP contribution in [0.3, 0.4) is 0 Å². The molecule has 2 heterocycles. The normalized spacial score (nSPS) is 20.0. The smallest absolute Gasteiger partial charge is 0.157 e. The van der Waals surface area contributed by atoms with Gasteiger partial charge in [0.1, 0.15) is 10.8 Å². The van der Waals surface area contributed by atoms with Gasteiger partial charge in [-0.15, -0.1) is 0 Å². The second kappa shape index (κ2) is 3.40. The van der Waals surface area contributed by atoms with Gasteiger partial charge in [0.15, 0.2) is 5.82 Å². The van der Waals surface area contributed by atoms with E-state index in [0.717, 1.165) is 29.8 Å². The zero-order valence-corrected chi connectivity index (χ0v) is 8.94. The lowest BCUT2D eigenvalue weighted by Gasteiger charge is -2.17. The molecule has 1 atom stereocenters. The molecule has 14 heavy (non-hydrogen) atoms. The summed E-state index contributed by atoms with van der Waals surface area (Å²) in [4.78, 5) is 6.24. The molecule has 2 rings (SSSR count). The van der Waals surface area contributed by atoms with E-state index in [9.17, 15) is 4.39 Å². The molecule has 2 N–H and O–H groups in total. The van der Waals surface area contributed by atoms with Crippen molar-refractivity contribution in [2.75, 3.05) is 11.9 Å². The minimum atomic E-state index is -0.321. The molecule has 0 fully saturated rings.